The molecule has 1 amide bonds. The maximum atomic E-state index is 12.8. The van der Waals surface area contributed by atoms with E-state index < -0.39 is 0 Å². The van der Waals surface area contributed by atoms with E-state index in [0.29, 0.717) is 0 Å². The number of hydrogen-bond acceptors (Lipinski definition) is 4. The normalized spacial score (nSPS) is 18.0. The van der Waals surface area contributed by atoms with Crippen molar-refractivity contribution in [1.29, 1.82) is 0 Å². The van der Waals surface area contributed by atoms with Crippen LogP contribution in [0.5, 0.6) is 0 Å². The number of anilines is 1. The maximum absolute atomic E-state index is 12.8. The first-order chi connectivity index (χ1) is 10.2. The van der Waals surface area contributed by atoms with Gasteiger partial charge in [0.05, 0.1) is 6.04 Å². The molecule has 1 saturated heterocycles. The highest BCUT2D eigenvalue weighted by atomic mass is 32.1. The third-order valence-electron chi connectivity index (χ3n) is 3.84. The highest BCUT2D eigenvalue weighted by Gasteiger charge is 2.31. The van der Waals surface area contributed by atoms with Crippen molar-refractivity contribution >= 4 is 23.1 Å². The molecule has 2 aromatic rings. The Kier molecular flexibility index (Phi) is 3.92. The van der Waals surface area contributed by atoms with Gasteiger partial charge in [-0.2, -0.15) is 0 Å². The average molecular weight is 301 g/mol. The molecular weight excluding hydrogens is 282 g/mol. The average Bonchev–Trinajstić information content (AvgIpc) is 3.17. The number of pyridine rings is 1. The molecule has 0 N–H and O–H groups in total. The predicted octanol–water partition coefficient (Wildman–Crippen LogP) is 3.19. The molecule has 0 saturated carbocycles. The van der Waals surface area contributed by atoms with Crippen molar-refractivity contribution in [1.82, 2.24) is 9.88 Å². The standard InChI is InChI=1S/C16H19N3OS/c1-18(2)15-11-12(7-8-17-15)16(20)19-9-3-5-13(19)14-6-4-10-21-14/h4,6-8,10-11,13H,3,5,9H2,1-2H3. The van der Waals surface area contributed by atoms with Crippen molar-refractivity contribution in [2.75, 3.05) is 25.5 Å². The summed E-state index contributed by atoms with van der Waals surface area (Å²) in [6.45, 7) is 0.834. The van der Waals surface area contributed by atoms with Gasteiger partial charge in [0, 0.05) is 37.3 Å². The molecule has 1 unspecified atom stereocenters. The zero-order valence-electron chi connectivity index (χ0n) is 12.3. The molecular formula is C16H19N3OS. The molecule has 21 heavy (non-hydrogen) atoms. The fourth-order valence-corrected chi connectivity index (χ4v) is 3.62. The lowest BCUT2D eigenvalue weighted by Crippen LogP contribution is -2.30. The molecule has 0 aromatic carbocycles. The second kappa shape index (κ2) is 5.85. The molecule has 4 nitrogen and oxygen atoms in total. The van der Waals surface area contributed by atoms with Gasteiger partial charge in [-0.1, -0.05) is 6.07 Å². The van der Waals surface area contributed by atoms with Gasteiger partial charge >= 0.3 is 0 Å². The first-order valence-electron chi connectivity index (χ1n) is 7.14. The quantitative estimate of drug-likeness (QED) is 0.873. The number of carbonyl (C=O) groups excluding carboxylic acids is 1. The molecule has 1 aliphatic rings. The summed E-state index contributed by atoms with van der Waals surface area (Å²) in [5.41, 5.74) is 0.720. The molecule has 2 aromatic heterocycles. The number of aromatic nitrogens is 1. The summed E-state index contributed by atoms with van der Waals surface area (Å²) in [7, 11) is 3.86. The Morgan fingerprint density at radius 1 is 1.43 bits per heavy atom. The number of thiophene rings is 1. The Morgan fingerprint density at radius 2 is 2.29 bits per heavy atom. The number of hydrogen-bond donors (Lipinski definition) is 0. The largest absolute Gasteiger partial charge is 0.363 e. The van der Waals surface area contributed by atoms with E-state index in [9.17, 15) is 4.79 Å². The smallest absolute Gasteiger partial charge is 0.254 e. The minimum atomic E-state index is 0.108. The van der Waals surface area contributed by atoms with Crippen LogP contribution in [0.2, 0.25) is 0 Å². The highest BCUT2D eigenvalue weighted by molar-refractivity contribution is 7.10. The molecule has 3 rings (SSSR count). The Bertz CT molecular complexity index is 624. The molecule has 1 atom stereocenters. The summed E-state index contributed by atoms with van der Waals surface area (Å²) >= 11 is 1.73. The second-order valence-electron chi connectivity index (χ2n) is 5.47. The first-order valence-corrected chi connectivity index (χ1v) is 8.02. The predicted molar refractivity (Wildman–Crippen MR) is 85.9 cm³/mol. The van der Waals surface area contributed by atoms with Crippen LogP contribution >= 0.6 is 11.3 Å². The summed E-state index contributed by atoms with van der Waals surface area (Å²) in [6.07, 6.45) is 3.83. The van der Waals surface area contributed by atoms with E-state index in [1.807, 2.05) is 30.0 Å². The molecule has 1 aliphatic heterocycles. The van der Waals surface area contributed by atoms with Gasteiger partial charge in [-0.05, 0) is 36.4 Å². The lowest BCUT2D eigenvalue weighted by atomic mass is 10.1. The number of nitrogens with zero attached hydrogens (tertiary/aromatic N) is 3. The Morgan fingerprint density at radius 3 is 3.00 bits per heavy atom. The van der Waals surface area contributed by atoms with Crippen molar-refractivity contribution < 1.29 is 4.79 Å². The van der Waals surface area contributed by atoms with Crippen molar-refractivity contribution in [3.05, 3.63) is 46.3 Å². The summed E-state index contributed by atoms with van der Waals surface area (Å²) in [4.78, 5) is 22.3. The number of carbonyl (C=O) groups is 1. The van der Waals surface area contributed by atoms with Gasteiger partial charge < -0.3 is 9.80 Å². The van der Waals surface area contributed by atoms with Gasteiger partial charge in [-0.15, -0.1) is 11.3 Å². The summed E-state index contributed by atoms with van der Waals surface area (Å²) in [6, 6.07) is 8.08. The van der Waals surface area contributed by atoms with Crippen molar-refractivity contribution in [3.63, 3.8) is 0 Å². The third kappa shape index (κ3) is 2.78. The Balaban J connectivity index is 1.86. The van der Waals surface area contributed by atoms with E-state index in [0.717, 1.165) is 30.8 Å². The minimum absolute atomic E-state index is 0.108. The Hall–Kier alpha value is -1.88. The molecule has 3 heterocycles. The van der Waals surface area contributed by atoms with Crippen LogP contribution in [0.3, 0.4) is 0 Å². The SMILES string of the molecule is CN(C)c1cc(C(=O)N2CCCC2c2cccs2)ccn1. The van der Waals surface area contributed by atoms with Gasteiger partial charge in [-0.3, -0.25) is 4.79 Å². The highest BCUT2D eigenvalue weighted by Crippen LogP contribution is 2.35. The molecule has 0 bridgehead atoms. The molecule has 0 radical (unpaired) electrons. The van der Waals surface area contributed by atoms with Gasteiger partial charge in [0.15, 0.2) is 0 Å². The van der Waals surface area contributed by atoms with E-state index in [1.165, 1.54) is 4.88 Å². The Labute approximate surface area is 129 Å². The number of rotatable bonds is 3. The first kappa shape index (κ1) is 14.1. The summed E-state index contributed by atoms with van der Waals surface area (Å²) < 4.78 is 0. The topological polar surface area (TPSA) is 36.4 Å². The van der Waals surface area contributed by atoms with E-state index in [2.05, 4.69) is 22.5 Å². The van der Waals surface area contributed by atoms with E-state index in [4.69, 9.17) is 0 Å². The fraction of sp³-hybridized carbons (Fsp3) is 0.375. The lowest BCUT2D eigenvalue weighted by Gasteiger charge is -2.24. The molecule has 110 valence electrons. The van der Waals surface area contributed by atoms with Crippen LogP contribution in [0, 0.1) is 0 Å². The summed E-state index contributed by atoms with van der Waals surface area (Å²) in [5, 5.41) is 2.08. The van der Waals surface area contributed by atoms with Crippen molar-refractivity contribution in [3.8, 4) is 0 Å². The second-order valence-corrected chi connectivity index (χ2v) is 6.45. The van der Waals surface area contributed by atoms with Crippen LogP contribution in [-0.2, 0) is 0 Å². The molecule has 1 fully saturated rings. The van der Waals surface area contributed by atoms with E-state index in [1.54, 1.807) is 23.6 Å². The fourth-order valence-electron chi connectivity index (χ4n) is 2.75. The maximum Gasteiger partial charge on any atom is 0.254 e. The van der Waals surface area contributed by atoms with Gasteiger partial charge in [0.25, 0.3) is 5.91 Å². The number of likely N-dealkylation sites (tertiary alicyclic amines) is 1. The molecule has 5 heteroatoms. The third-order valence-corrected chi connectivity index (χ3v) is 4.81. The van der Waals surface area contributed by atoms with Crippen molar-refractivity contribution in [2.24, 2.45) is 0 Å². The van der Waals surface area contributed by atoms with Crippen LogP contribution in [-0.4, -0.2) is 36.4 Å². The zero-order chi connectivity index (χ0) is 14.8. The van der Waals surface area contributed by atoms with Crippen LogP contribution < -0.4 is 4.90 Å². The van der Waals surface area contributed by atoms with Crippen LogP contribution in [0.4, 0.5) is 5.82 Å². The van der Waals surface area contributed by atoms with E-state index in [-0.39, 0.29) is 11.9 Å². The summed E-state index contributed by atoms with van der Waals surface area (Å²) in [5.74, 6) is 0.920. The minimum Gasteiger partial charge on any atom is -0.363 e. The van der Waals surface area contributed by atoms with Crippen LogP contribution in [0.25, 0.3) is 0 Å². The van der Waals surface area contributed by atoms with Gasteiger partial charge in [0.1, 0.15) is 5.82 Å². The molecule has 0 aliphatic carbocycles. The zero-order valence-corrected chi connectivity index (χ0v) is 13.1. The molecule has 0 spiro atoms. The van der Waals surface area contributed by atoms with Gasteiger partial charge in [0.2, 0.25) is 0 Å². The lowest BCUT2D eigenvalue weighted by molar-refractivity contribution is 0.0738. The monoisotopic (exact) mass is 301 g/mol. The van der Waals surface area contributed by atoms with Crippen molar-refractivity contribution in [2.45, 2.75) is 18.9 Å². The van der Waals surface area contributed by atoms with Gasteiger partial charge in [-0.25, -0.2) is 4.98 Å². The number of amides is 1. The van der Waals surface area contributed by atoms with Crippen LogP contribution in [0.15, 0.2) is 35.8 Å². The van der Waals surface area contributed by atoms with Crippen LogP contribution in [0.1, 0.15) is 34.1 Å². The van der Waals surface area contributed by atoms with E-state index >= 15 is 0 Å².